The van der Waals surface area contributed by atoms with Crippen LogP contribution in [-0.2, 0) is 21.4 Å². The number of sulfonamides is 1. The number of methoxy groups -OCH3 is 2. The van der Waals surface area contributed by atoms with Gasteiger partial charge in [-0.15, -0.1) is 0 Å². The molecular formula is C17H24N2O6S. The van der Waals surface area contributed by atoms with Gasteiger partial charge in [-0.05, 0) is 6.07 Å². The van der Waals surface area contributed by atoms with E-state index in [2.05, 4.69) is 4.90 Å². The normalized spacial score (nSPS) is 26.7. The van der Waals surface area contributed by atoms with Gasteiger partial charge in [0.15, 0.2) is 0 Å². The number of carbonyl (C=O) groups is 1. The molecule has 0 saturated carbocycles. The number of likely N-dealkylation sites (tertiary alicyclic amines) is 1. The van der Waals surface area contributed by atoms with Crippen molar-refractivity contribution < 1.29 is 27.8 Å². The van der Waals surface area contributed by atoms with E-state index in [0.717, 1.165) is 11.8 Å². The van der Waals surface area contributed by atoms with Crippen LogP contribution in [0.3, 0.4) is 0 Å². The predicted octanol–water partition coefficient (Wildman–Crippen LogP) is 0.482. The lowest BCUT2D eigenvalue weighted by Crippen LogP contribution is -2.41. The van der Waals surface area contributed by atoms with E-state index in [0.29, 0.717) is 31.1 Å². The summed E-state index contributed by atoms with van der Waals surface area (Å²) in [5.41, 5.74) is -0.114. The summed E-state index contributed by atoms with van der Waals surface area (Å²) in [6, 6.07) is 5.54. The minimum absolute atomic E-state index is 0.0298. The van der Waals surface area contributed by atoms with Crippen molar-refractivity contribution in [2.45, 2.75) is 6.54 Å². The topological polar surface area (TPSA) is 96.4 Å². The Morgan fingerprint density at radius 3 is 2.54 bits per heavy atom. The predicted molar refractivity (Wildman–Crippen MR) is 94.8 cm³/mol. The molecule has 2 heterocycles. The standard InChI is InChI=1S/C17H24N2O6S/c1-24-14-5-4-12(15(6-14)25-2)7-18-8-13-9-19(26(3,22)23)11-17(13,10-18)16(20)21/h4-6,13H,7-11H2,1-3H3,(H,20,21)/t13-,17-/m0/s1. The van der Waals surface area contributed by atoms with Gasteiger partial charge in [-0.1, -0.05) is 6.07 Å². The molecule has 0 amide bonds. The first-order chi connectivity index (χ1) is 12.2. The Kier molecular flexibility index (Phi) is 4.89. The third-order valence-corrected chi connectivity index (χ3v) is 6.65. The second kappa shape index (κ2) is 6.71. The molecule has 0 radical (unpaired) electrons. The molecule has 26 heavy (non-hydrogen) atoms. The molecule has 0 bridgehead atoms. The Morgan fingerprint density at radius 1 is 1.27 bits per heavy atom. The molecule has 1 aromatic rings. The van der Waals surface area contributed by atoms with Crippen molar-refractivity contribution in [3.8, 4) is 11.5 Å². The fraction of sp³-hybridized carbons (Fsp3) is 0.588. The van der Waals surface area contributed by atoms with Gasteiger partial charge in [0.1, 0.15) is 11.5 Å². The van der Waals surface area contributed by atoms with Crippen LogP contribution in [0.4, 0.5) is 0 Å². The summed E-state index contributed by atoms with van der Waals surface area (Å²) in [6.45, 7) is 1.67. The Bertz CT molecular complexity index is 811. The lowest BCUT2D eigenvalue weighted by atomic mass is 9.81. The van der Waals surface area contributed by atoms with E-state index in [1.54, 1.807) is 20.3 Å². The number of carboxylic acid groups (broad SMARTS) is 1. The Hall–Kier alpha value is -1.84. The molecule has 2 fully saturated rings. The summed E-state index contributed by atoms with van der Waals surface area (Å²) >= 11 is 0. The fourth-order valence-corrected chi connectivity index (χ4v) is 4.94. The zero-order valence-corrected chi connectivity index (χ0v) is 16.0. The van der Waals surface area contributed by atoms with E-state index in [1.807, 2.05) is 12.1 Å². The second-order valence-corrected chi connectivity index (χ2v) is 9.04. The van der Waals surface area contributed by atoms with Crippen molar-refractivity contribution in [2.75, 3.05) is 46.7 Å². The lowest BCUT2D eigenvalue weighted by molar-refractivity contribution is -0.148. The quantitative estimate of drug-likeness (QED) is 0.762. The average Bonchev–Trinajstić information content (AvgIpc) is 3.10. The van der Waals surface area contributed by atoms with E-state index >= 15 is 0 Å². The number of ether oxygens (including phenoxy) is 2. The number of benzene rings is 1. The molecule has 2 atom stereocenters. The number of rotatable bonds is 6. The number of nitrogens with zero attached hydrogens (tertiary/aromatic N) is 2. The van der Waals surface area contributed by atoms with Gasteiger partial charge >= 0.3 is 5.97 Å². The first-order valence-corrected chi connectivity index (χ1v) is 10.2. The van der Waals surface area contributed by atoms with Gasteiger partial charge < -0.3 is 14.6 Å². The van der Waals surface area contributed by atoms with Crippen LogP contribution in [0, 0.1) is 11.3 Å². The van der Waals surface area contributed by atoms with Crippen LogP contribution in [0.2, 0.25) is 0 Å². The van der Waals surface area contributed by atoms with E-state index in [9.17, 15) is 18.3 Å². The van der Waals surface area contributed by atoms with E-state index < -0.39 is 21.4 Å². The van der Waals surface area contributed by atoms with Gasteiger partial charge in [0.25, 0.3) is 0 Å². The molecule has 3 rings (SSSR count). The zero-order chi connectivity index (χ0) is 19.1. The molecule has 1 aromatic carbocycles. The molecule has 2 aliphatic rings. The minimum atomic E-state index is -3.39. The Labute approximate surface area is 153 Å². The lowest BCUT2D eigenvalue weighted by Gasteiger charge is -2.25. The molecular weight excluding hydrogens is 360 g/mol. The van der Waals surface area contributed by atoms with Crippen molar-refractivity contribution in [3.05, 3.63) is 23.8 Å². The average molecular weight is 384 g/mol. The minimum Gasteiger partial charge on any atom is -0.497 e. The summed E-state index contributed by atoms with van der Waals surface area (Å²) < 4.78 is 35.6. The summed E-state index contributed by atoms with van der Waals surface area (Å²) in [5, 5.41) is 9.82. The highest BCUT2D eigenvalue weighted by Crippen LogP contribution is 2.44. The van der Waals surface area contributed by atoms with Crippen LogP contribution in [0.1, 0.15) is 5.56 Å². The molecule has 144 valence electrons. The molecule has 8 nitrogen and oxygen atoms in total. The molecule has 0 unspecified atom stereocenters. The largest absolute Gasteiger partial charge is 0.497 e. The first kappa shape index (κ1) is 18.9. The van der Waals surface area contributed by atoms with Crippen LogP contribution in [0.25, 0.3) is 0 Å². The summed E-state index contributed by atoms with van der Waals surface area (Å²) in [6.07, 6.45) is 1.13. The molecule has 0 aromatic heterocycles. The van der Waals surface area contributed by atoms with Gasteiger partial charge in [0, 0.05) is 50.3 Å². The van der Waals surface area contributed by atoms with Gasteiger partial charge in [0.05, 0.1) is 25.9 Å². The first-order valence-electron chi connectivity index (χ1n) is 8.31. The smallest absolute Gasteiger partial charge is 0.312 e. The number of aliphatic carboxylic acids is 1. The maximum Gasteiger partial charge on any atom is 0.312 e. The van der Waals surface area contributed by atoms with Crippen LogP contribution < -0.4 is 9.47 Å². The van der Waals surface area contributed by atoms with Crippen molar-refractivity contribution in [3.63, 3.8) is 0 Å². The van der Waals surface area contributed by atoms with Crippen molar-refractivity contribution in [1.82, 2.24) is 9.21 Å². The fourth-order valence-electron chi connectivity index (χ4n) is 4.02. The summed E-state index contributed by atoms with van der Waals surface area (Å²) in [4.78, 5) is 14.1. The van der Waals surface area contributed by atoms with E-state index in [1.165, 1.54) is 4.31 Å². The summed E-state index contributed by atoms with van der Waals surface area (Å²) in [7, 11) is -0.227. The highest BCUT2D eigenvalue weighted by Gasteiger charge is 2.59. The van der Waals surface area contributed by atoms with Gasteiger partial charge in [-0.3, -0.25) is 9.69 Å². The van der Waals surface area contributed by atoms with Crippen LogP contribution in [0.5, 0.6) is 11.5 Å². The third kappa shape index (κ3) is 3.26. The second-order valence-electron chi connectivity index (χ2n) is 7.06. The van der Waals surface area contributed by atoms with Crippen molar-refractivity contribution in [1.29, 1.82) is 0 Å². The number of fused-ring (bicyclic) bond motifs is 1. The third-order valence-electron chi connectivity index (χ3n) is 5.43. The van der Waals surface area contributed by atoms with Crippen LogP contribution in [0.15, 0.2) is 18.2 Å². The highest BCUT2D eigenvalue weighted by molar-refractivity contribution is 7.88. The monoisotopic (exact) mass is 384 g/mol. The molecule has 2 aliphatic heterocycles. The number of carboxylic acids is 1. The van der Waals surface area contributed by atoms with Crippen LogP contribution in [-0.4, -0.2) is 75.4 Å². The van der Waals surface area contributed by atoms with Gasteiger partial charge in [0.2, 0.25) is 10.0 Å². The molecule has 0 spiro atoms. The molecule has 2 saturated heterocycles. The van der Waals surface area contributed by atoms with Gasteiger partial charge in [-0.25, -0.2) is 12.7 Å². The summed E-state index contributed by atoms with van der Waals surface area (Å²) in [5.74, 6) is 0.218. The van der Waals surface area contributed by atoms with E-state index in [-0.39, 0.29) is 19.0 Å². The Balaban J connectivity index is 1.79. The number of hydrogen-bond donors (Lipinski definition) is 1. The zero-order valence-electron chi connectivity index (χ0n) is 15.1. The van der Waals surface area contributed by atoms with E-state index in [4.69, 9.17) is 9.47 Å². The van der Waals surface area contributed by atoms with Crippen LogP contribution >= 0.6 is 0 Å². The van der Waals surface area contributed by atoms with Crippen molar-refractivity contribution >= 4 is 16.0 Å². The molecule has 0 aliphatic carbocycles. The molecule has 1 N–H and O–H groups in total. The number of hydrogen-bond acceptors (Lipinski definition) is 6. The maximum atomic E-state index is 12.0. The van der Waals surface area contributed by atoms with Gasteiger partial charge in [-0.2, -0.15) is 0 Å². The van der Waals surface area contributed by atoms with Crippen molar-refractivity contribution in [2.24, 2.45) is 11.3 Å². The molecule has 9 heteroatoms. The Morgan fingerprint density at radius 2 is 2.00 bits per heavy atom. The SMILES string of the molecule is COc1ccc(CN2C[C@H]3CN(S(C)(=O)=O)C[C@@]3(C(=O)O)C2)c(OC)c1. The maximum absolute atomic E-state index is 12.0. The highest BCUT2D eigenvalue weighted by atomic mass is 32.2.